The van der Waals surface area contributed by atoms with Crippen LogP contribution in [-0.2, 0) is 19.5 Å². The Balaban J connectivity index is 1.69. The van der Waals surface area contributed by atoms with Gasteiger partial charge in [-0.15, -0.1) is 0 Å². The number of hydrogen-bond donors (Lipinski definition) is 1. The van der Waals surface area contributed by atoms with E-state index in [1.807, 2.05) is 24.4 Å². The van der Waals surface area contributed by atoms with Crippen molar-refractivity contribution >= 4 is 0 Å². The summed E-state index contributed by atoms with van der Waals surface area (Å²) in [6.45, 7) is 3.55. The molecule has 0 aliphatic carbocycles. The number of nitrogens with zero attached hydrogens (tertiary/aromatic N) is 1. The molecule has 1 aromatic carbocycles. The summed E-state index contributed by atoms with van der Waals surface area (Å²) in [7, 11) is 1.71. The Labute approximate surface area is 125 Å². The third kappa shape index (κ3) is 3.16. The van der Waals surface area contributed by atoms with E-state index in [1.165, 1.54) is 5.56 Å². The van der Waals surface area contributed by atoms with E-state index in [9.17, 15) is 0 Å². The molecule has 4 heteroatoms. The van der Waals surface area contributed by atoms with Crippen LogP contribution in [0.1, 0.15) is 23.7 Å². The van der Waals surface area contributed by atoms with Gasteiger partial charge in [-0.25, -0.2) is 0 Å². The predicted octanol–water partition coefficient (Wildman–Crippen LogP) is 2.70. The van der Waals surface area contributed by atoms with E-state index in [4.69, 9.17) is 9.47 Å². The smallest absolute Gasteiger partial charge is 0.123 e. The highest BCUT2D eigenvalue weighted by Crippen LogP contribution is 2.34. The molecule has 1 aromatic heterocycles. The van der Waals surface area contributed by atoms with E-state index in [0.717, 1.165) is 42.3 Å². The zero-order valence-electron chi connectivity index (χ0n) is 12.4. The third-order valence-corrected chi connectivity index (χ3v) is 3.65. The van der Waals surface area contributed by atoms with Gasteiger partial charge in [0.25, 0.3) is 0 Å². The summed E-state index contributed by atoms with van der Waals surface area (Å²) in [5, 5.41) is 3.40. The maximum absolute atomic E-state index is 5.82. The van der Waals surface area contributed by atoms with Gasteiger partial charge in [0, 0.05) is 36.8 Å². The average molecular weight is 284 g/mol. The highest BCUT2D eigenvalue weighted by atomic mass is 16.5. The largest absolute Gasteiger partial charge is 0.496 e. The Bertz CT molecular complexity index is 614. The predicted molar refractivity (Wildman–Crippen MR) is 81.6 cm³/mol. The monoisotopic (exact) mass is 284 g/mol. The SMILES string of the molecule is COc1cc2c(cc1CNCc1ccccn1)OC(C)C2. The van der Waals surface area contributed by atoms with Crippen molar-refractivity contribution in [3.05, 3.63) is 53.3 Å². The number of pyridine rings is 1. The summed E-state index contributed by atoms with van der Waals surface area (Å²) in [6.07, 6.45) is 3.01. The summed E-state index contributed by atoms with van der Waals surface area (Å²) in [5.74, 6) is 1.90. The number of benzene rings is 1. The fraction of sp³-hybridized carbons (Fsp3) is 0.353. The first kappa shape index (κ1) is 13.9. The van der Waals surface area contributed by atoms with Crippen LogP contribution in [-0.4, -0.2) is 18.2 Å². The average Bonchev–Trinajstić information content (AvgIpc) is 2.86. The second-order valence-corrected chi connectivity index (χ2v) is 5.33. The molecule has 0 radical (unpaired) electrons. The van der Waals surface area contributed by atoms with Crippen molar-refractivity contribution < 1.29 is 9.47 Å². The minimum Gasteiger partial charge on any atom is -0.496 e. The summed E-state index contributed by atoms with van der Waals surface area (Å²) in [4.78, 5) is 4.30. The van der Waals surface area contributed by atoms with Gasteiger partial charge < -0.3 is 14.8 Å². The van der Waals surface area contributed by atoms with Crippen LogP contribution in [0, 0.1) is 0 Å². The van der Waals surface area contributed by atoms with Crippen LogP contribution >= 0.6 is 0 Å². The van der Waals surface area contributed by atoms with Gasteiger partial charge in [0.05, 0.1) is 12.8 Å². The first-order chi connectivity index (χ1) is 10.3. The fourth-order valence-electron chi connectivity index (χ4n) is 2.64. The molecule has 2 aromatic rings. The van der Waals surface area contributed by atoms with Crippen molar-refractivity contribution in [1.82, 2.24) is 10.3 Å². The van der Waals surface area contributed by atoms with E-state index in [1.54, 1.807) is 7.11 Å². The van der Waals surface area contributed by atoms with Gasteiger partial charge >= 0.3 is 0 Å². The Morgan fingerprint density at radius 3 is 3.00 bits per heavy atom. The van der Waals surface area contributed by atoms with Crippen molar-refractivity contribution in [3.63, 3.8) is 0 Å². The molecular weight excluding hydrogens is 264 g/mol. The zero-order valence-corrected chi connectivity index (χ0v) is 12.4. The molecule has 1 atom stereocenters. The van der Waals surface area contributed by atoms with Gasteiger partial charge in [-0.2, -0.15) is 0 Å². The lowest BCUT2D eigenvalue weighted by Crippen LogP contribution is -2.14. The molecule has 1 unspecified atom stereocenters. The summed E-state index contributed by atoms with van der Waals surface area (Å²) in [6, 6.07) is 10.1. The number of fused-ring (bicyclic) bond motifs is 1. The molecule has 0 saturated carbocycles. The minimum atomic E-state index is 0.251. The van der Waals surface area contributed by atoms with Crippen molar-refractivity contribution in [3.8, 4) is 11.5 Å². The van der Waals surface area contributed by atoms with Crippen LogP contribution < -0.4 is 14.8 Å². The highest BCUT2D eigenvalue weighted by Gasteiger charge is 2.21. The number of rotatable bonds is 5. The Morgan fingerprint density at radius 1 is 1.33 bits per heavy atom. The Kier molecular flexibility index (Phi) is 4.06. The topological polar surface area (TPSA) is 43.4 Å². The Morgan fingerprint density at radius 2 is 2.24 bits per heavy atom. The molecule has 110 valence electrons. The lowest BCUT2D eigenvalue weighted by atomic mass is 10.1. The van der Waals surface area contributed by atoms with Crippen molar-refractivity contribution in [2.24, 2.45) is 0 Å². The zero-order chi connectivity index (χ0) is 14.7. The van der Waals surface area contributed by atoms with E-state index in [0.29, 0.717) is 0 Å². The summed E-state index contributed by atoms with van der Waals surface area (Å²) in [5.41, 5.74) is 3.37. The summed E-state index contributed by atoms with van der Waals surface area (Å²) >= 11 is 0. The van der Waals surface area contributed by atoms with Crippen LogP contribution in [0.25, 0.3) is 0 Å². The van der Waals surface area contributed by atoms with Crippen LogP contribution in [0.3, 0.4) is 0 Å². The van der Waals surface area contributed by atoms with Crippen LogP contribution in [0.5, 0.6) is 11.5 Å². The first-order valence-corrected chi connectivity index (χ1v) is 7.23. The van der Waals surface area contributed by atoms with Gasteiger partial charge in [0.1, 0.15) is 17.6 Å². The number of methoxy groups -OCH3 is 1. The van der Waals surface area contributed by atoms with Gasteiger partial charge in [0.15, 0.2) is 0 Å². The van der Waals surface area contributed by atoms with Gasteiger partial charge in [0.2, 0.25) is 0 Å². The summed E-state index contributed by atoms with van der Waals surface area (Å²) < 4.78 is 11.3. The number of aromatic nitrogens is 1. The molecule has 3 rings (SSSR count). The molecule has 0 amide bonds. The van der Waals surface area contributed by atoms with Gasteiger partial charge in [-0.1, -0.05) is 6.07 Å². The van der Waals surface area contributed by atoms with Gasteiger partial charge in [-0.3, -0.25) is 4.98 Å². The molecule has 1 aliphatic heterocycles. The van der Waals surface area contributed by atoms with Crippen LogP contribution in [0.2, 0.25) is 0 Å². The maximum atomic E-state index is 5.82. The van der Waals surface area contributed by atoms with Crippen molar-refractivity contribution in [2.45, 2.75) is 32.5 Å². The van der Waals surface area contributed by atoms with Crippen LogP contribution in [0.4, 0.5) is 0 Å². The molecule has 2 heterocycles. The number of ether oxygens (including phenoxy) is 2. The van der Waals surface area contributed by atoms with Crippen molar-refractivity contribution in [1.29, 1.82) is 0 Å². The molecule has 0 bridgehead atoms. The highest BCUT2D eigenvalue weighted by molar-refractivity contribution is 5.48. The quantitative estimate of drug-likeness (QED) is 0.917. The van der Waals surface area contributed by atoms with Crippen LogP contribution in [0.15, 0.2) is 36.5 Å². The van der Waals surface area contributed by atoms with E-state index < -0.39 is 0 Å². The van der Waals surface area contributed by atoms with E-state index in [2.05, 4.69) is 29.4 Å². The Hall–Kier alpha value is -2.07. The first-order valence-electron chi connectivity index (χ1n) is 7.23. The van der Waals surface area contributed by atoms with Gasteiger partial charge in [-0.05, 0) is 31.2 Å². The second kappa shape index (κ2) is 6.14. The van der Waals surface area contributed by atoms with E-state index in [-0.39, 0.29) is 6.10 Å². The number of nitrogens with one attached hydrogen (secondary N) is 1. The fourth-order valence-corrected chi connectivity index (χ4v) is 2.64. The lowest BCUT2D eigenvalue weighted by molar-refractivity contribution is 0.254. The second-order valence-electron chi connectivity index (χ2n) is 5.33. The normalized spacial score (nSPS) is 16.4. The molecule has 0 fully saturated rings. The molecule has 1 aliphatic rings. The minimum absolute atomic E-state index is 0.251. The molecule has 21 heavy (non-hydrogen) atoms. The molecule has 1 N–H and O–H groups in total. The molecule has 0 spiro atoms. The number of hydrogen-bond acceptors (Lipinski definition) is 4. The van der Waals surface area contributed by atoms with Crippen molar-refractivity contribution in [2.75, 3.05) is 7.11 Å². The lowest BCUT2D eigenvalue weighted by Gasteiger charge is -2.12. The molecule has 0 saturated heterocycles. The van der Waals surface area contributed by atoms with E-state index >= 15 is 0 Å². The molecule has 4 nitrogen and oxygen atoms in total. The maximum Gasteiger partial charge on any atom is 0.123 e. The third-order valence-electron chi connectivity index (χ3n) is 3.65. The standard InChI is InChI=1S/C17H20N2O2/c1-12-7-13-8-16(20-2)14(9-17(13)21-12)10-18-11-15-5-3-4-6-19-15/h3-6,8-9,12,18H,7,10-11H2,1-2H3. The molecular formula is C17H20N2O2.